The van der Waals surface area contributed by atoms with Crippen LogP contribution in [0.3, 0.4) is 0 Å². The maximum atomic E-state index is 12.9. The van der Waals surface area contributed by atoms with Gasteiger partial charge in [0.1, 0.15) is 5.82 Å². The summed E-state index contributed by atoms with van der Waals surface area (Å²) in [6.45, 7) is 6.55. The summed E-state index contributed by atoms with van der Waals surface area (Å²) in [5.74, 6) is 1.66. The Bertz CT molecular complexity index is 1100. The first kappa shape index (κ1) is 25.1. The monoisotopic (exact) mass is 491 g/mol. The van der Waals surface area contributed by atoms with Crippen molar-refractivity contribution in [2.75, 3.05) is 60.0 Å². The minimum absolute atomic E-state index is 0.176. The Kier molecular flexibility index (Phi) is 7.91. The van der Waals surface area contributed by atoms with Gasteiger partial charge in [-0.2, -0.15) is 0 Å². The normalized spacial score (nSPS) is 18.8. The first-order chi connectivity index (χ1) is 16.3. The zero-order valence-electron chi connectivity index (χ0n) is 20.6. The van der Waals surface area contributed by atoms with Gasteiger partial charge in [-0.3, -0.25) is 9.69 Å². The van der Waals surface area contributed by atoms with E-state index in [0.29, 0.717) is 24.3 Å². The van der Waals surface area contributed by atoms with Crippen molar-refractivity contribution in [1.29, 1.82) is 0 Å². The van der Waals surface area contributed by atoms with Gasteiger partial charge in [-0.1, -0.05) is 0 Å². The molecule has 1 aromatic carbocycles. The van der Waals surface area contributed by atoms with Gasteiger partial charge in [-0.05, 0) is 49.9 Å². The molecule has 0 saturated carbocycles. The van der Waals surface area contributed by atoms with E-state index in [1.165, 1.54) is 24.8 Å². The number of sulfonamides is 1. The summed E-state index contributed by atoms with van der Waals surface area (Å²) >= 11 is 0. The third kappa shape index (κ3) is 5.62. The molecular formula is C24H37N5O4S. The number of morpholine rings is 1. The number of carbonyl (C=O) groups is 1. The van der Waals surface area contributed by atoms with Crippen molar-refractivity contribution in [1.82, 2.24) is 23.7 Å². The molecule has 10 heteroatoms. The molecule has 0 N–H and O–H groups in total. The maximum Gasteiger partial charge on any atom is 0.242 e. The highest BCUT2D eigenvalue weighted by molar-refractivity contribution is 7.89. The molecular weight excluding hydrogens is 454 g/mol. The molecule has 4 rings (SSSR count). The molecule has 188 valence electrons. The summed E-state index contributed by atoms with van der Waals surface area (Å²) in [4.78, 5) is 22.2. The van der Waals surface area contributed by atoms with Crippen LogP contribution in [0.5, 0.6) is 0 Å². The molecule has 0 aliphatic carbocycles. The number of hydrogen-bond donors (Lipinski definition) is 0. The number of hydrogen-bond acceptors (Lipinski definition) is 6. The van der Waals surface area contributed by atoms with Crippen LogP contribution in [0.25, 0.3) is 11.0 Å². The molecule has 3 heterocycles. The number of fused-ring (bicyclic) bond motifs is 1. The number of amides is 1. The molecule has 2 aliphatic heterocycles. The number of aryl methyl sites for hydroxylation is 2. The lowest BCUT2D eigenvalue weighted by molar-refractivity contribution is -0.132. The van der Waals surface area contributed by atoms with E-state index in [9.17, 15) is 13.2 Å². The fourth-order valence-corrected chi connectivity index (χ4v) is 5.78. The van der Waals surface area contributed by atoms with E-state index in [2.05, 4.69) is 9.88 Å². The smallest absolute Gasteiger partial charge is 0.242 e. The molecule has 2 fully saturated rings. The lowest BCUT2D eigenvalue weighted by Crippen LogP contribution is -2.41. The SMILES string of the molecule is CN(C)S(=O)(=O)c1ccc2c(c1)nc(CCC(=O)N1CCC(CCN3CCOCC3)CC1)n2C. The van der Waals surface area contributed by atoms with Gasteiger partial charge in [0.15, 0.2) is 0 Å². The zero-order chi connectivity index (χ0) is 24.3. The average Bonchev–Trinajstić information content (AvgIpc) is 3.16. The van der Waals surface area contributed by atoms with Crippen molar-refractivity contribution in [2.45, 2.75) is 37.0 Å². The summed E-state index contributed by atoms with van der Waals surface area (Å²) in [5.41, 5.74) is 1.50. The fourth-order valence-electron chi connectivity index (χ4n) is 4.86. The summed E-state index contributed by atoms with van der Waals surface area (Å²) in [5, 5.41) is 0. The highest BCUT2D eigenvalue weighted by Gasteiger charge is 2.24. The molecule has 2 aromatic rings. The van der Waals surface area contributed by atoms with Gasteiger partial charge >= 0.3 is 0 Å². The molecule has 0 bridgehead atoms. The zero-order valence-corrected chi connectivity index (χ0v) is 21.4. The summed E-state index contributed by atoms with van der Waals surface area (Å²) in [6.07, 6.45) is 4.31. The number of imidazole rings is 1. The van der Waals surface area contributed by atoms with Gasteiger partial charge in [0, 0.05) is 60.2 Å². The first-order valence-corrected chi connectivity index (χ1v) is 13.7. The number of piperidine rings is 1. The standard InChI is InChI=1S/C24H37N5O4S/c1-26(2)34(31,32)20-4-5-22-21(18-20)25-23(27(22)3)6-7-24(30)29-12-9-19(10-13-29)8-11-28-14-16-33-17-15-28/h4-5,18-19H,6-17H2,1-3H3. The Morgan fingerprint density at radius 2 is 1.85 bits per heavy atom. The number of benzene rings is 1. The average molecular weight is 492 g/mol. The van der Waals surface area contributed by atoms with E-state index in [1.54, 1.807) is 18.2 Å². The van der Waals surface area contributed by atoms with Crippen molar-refractivity contribution in [3.05, 3.63) is 24.0 Å². The predicted octanol–water partition coefficient (Wildman–Crippen LogP) is 1.72. The van der Waals surface area contributed by atoms with Gasteiger partial charge in [-0.25, -0.2) is 17.7 Å². The largest absolute Gasteiger partial charge is 0.379 e. The number of aromatic nitrogens is 2. The number of rotatable bonds is 8. The van der Waals surface area contributed by atoms with Gasteiger partial charge in [0.05, 0.1) is 29.1 Å². The molecule has 0 atom stereocenters. The van der Waals surface area contributed by atoms with Crippen LogP contribution in [0.1, 0.15) is 31.5 Å². The van der Waals surface area contributed by atoms with Crippen LogP contribution in [-0.4, -0.2) is 98.0 Å². The highest BCUT2D eigenvalue weighted by atomic mass is 32.2. The Morgan fingerprint density at radius 3 is 2.53 bits per heavy atom. The van der Waals surface area contributed by atoms with Crippen LogP contribution in [0.4, 0.5) is 0 Å². The second kappa shape index (κ2) is 10.7. The quantitative estimate of drug-likeness (QED) is 0.559. The molecule has 0 radical (unpaired) electrons. The number of nitrogens with zero attached hydrogens (tertiary/aromatic N) is 5. The van der Waals surface area contributed by atoms with E-state index < -0.39 is 10.0 Å². The summed E-state index contributed by atoms with van der Waals surface area (Å²) in [7, 11) is 1.43. The molecule has 9 nitrogen and oxygen atoms in total. The molecule has 34 heavy (non-hydrogen) atoms. The van der Waals surface area contributed by atoms with Crippen molar-refractivity contribution in [3.8, 4) is 0 Å². The minimum Gasteiger partial charge on any atom is -0.379 e. The van der Waals surface area contributed by atoms with Crippen LogP contribution in [0.15, 0.2) is 23.1 Å². The third-order valence-electron chi connectivity index (χ3n) is 7.21. The minimum atomic E-state index is -3.51. The summed E-state index contributed by atoms with van der Waals surface area (Å²) in [6, 6.07) is 5.00. The van der Waals surface area contributed by atoms with Crippen LogP contribution >= 0.6 is 0 Å². The maximum absolute atomic E-state index is 12.9. The van der Waals surface area contributed by atoms with E-state index in [4.69, 9.17) is 4.74 Å². The number of carbonyl (C=O) groups excluding carboxylic acids is 1. The summed E-state index contributed by atoms with van der Waals surface area (Å²) < 4.78 is 33.4. The van der Waals surface area contributed by atoms with E-state index in [1.807, 2.05) is 16.5 Å². The van der Waals surface area contributed by atoms with Crippen molar-refractivity contribution < 1.29 is 17.9 Å². The molecule has 2 saturated heterocycles. The predicted molar refractivity (Wildman–Crippen MR) is 131 cm³/mol. The number of likely N-dealkylation sites (tertiary alicyclic amines) is 1. The second-order valence-electron chi connectivity index (χ2n) is 9.59. The fraction of sp³-hybridized carbons (Fsp3) is 0.667. The highest BCUT2D eigenvalue weighted by Crippen LogP contribution is 2.24. The Morgan fingerprint density at radius 1 is 1.15 bits per heavy atom. The van der Waals surface area contributed by atoms with Crippen LogP contribution in [0, 0.1) is 5.92 Å². The van der Waals surface area contributed by atoms with E-state index in [0.717, 1.165) is 70.1 Å². The van der Waals surface area contributed by atoms with Crippen molar-refractivity contribution in [3.63, 3.8) is 0 Å². The molecule has 1 aromatic heterocycles. The first-order valence-electron chi connectivity index (χ1n) is 12.2. The van der Waals surface area contributed by atoms with Crippen LogP contribution < -0.4 is 0 Å². The molecule has 2 aliphatic rings. The Labute approximate surface area is 202 Å². The lowest BCUT2D eigenvalue weighted by atomic mass is 9.93. The second-order valence-corrected chi connectivity index (χ2v) is 11.7. The lowest BCUT2D eigenvalue weighted by Gasteiger charge is -2.34. The topological polar surface area (TPSA) is 88.0 Å². The van der Waals surface area contributed by atoms with E-state index in [-0.39, 0.29) is 10.8 Å². The van der Waals surface area contributed by atoms with Crippen molar-refractivity contribution in [2.24, 2.45) is 13.0 Å². The van der Waals surface area contributed by atoms with Gasteiger partial charge in [0.2, 0.25) is 15.9 Å². The van der Waals surface area contributed by atoms with Gasteiger partial charge < -0.3 is 14.2 Å². The Hall–Kier alpha value is -2.01. The van der Waals surface area contributed by atoms with Crippen molar-refractivity contribution >= 4 is 27.0 Å². The van der Waals surface area contributed by atoms with Gasteiger partial charge in [0.25, 0.3) is 0 Å². The molecule has 1 amide bonds. The molecule has 0 spiro atoms. The number of ether oxygens (including phenoxy) is 1. The van der Waals surface area contributed by atoms with E-state index >= 15 is 0 Å². The Balaban J connectivity index is 1.29. The third-order valence-corrected chi connectivity index (χ3v) is 9.02. The van der Waals surface area contributed by atoms with Crippen LogP contribution in [-0.2, 0) is 33.0 Å². The van der Waals surface area contributed by atoms with Gasteiger partial charge in [-0.15, -0.1) is 0 Å². The molecule has 0 unspecified atom stereocenters. The van der Waals surface area contributed by atoms with Crippen LogP contribution in [0.2, 0.25) is 0 Å².